The van der Waals surface area contributed by atoms with E-state index >= 15 is 0 Å². The molecule has 2 N–H and O–H groups in total. The summed E-state index contributed by atoms with van der Waals surface area (Å²) in [6.45, 7) is 6.09. The van der Waals surface area contributed by atoms with Gasteiger partial charge < -0.3 is 20.1 Å². The van der Waals surface area contributed by atoms with Gasteiger partial charge in [0.2, 0.25) is 0 Å². The summed E-state index contributed by atoms with van der Waals surface area (Å²) in [6.07, 6.45) is 1.01. The van der Waals surface area contributed by atoms with Crippen LogP contribution in [0.15, 0.2) is 18.2 Å². The summed E-state index contributed by atoms with van der Waals surface area (Å²) in [7, 11) is 3.47. The van der Waals surface area contributed by atoms with Crippen LogP contribution in [-0.4, -0.2) is 40.5 Å². The quantitative estimate of drug-likeness (QED) is 0.694. The largest absolute Gasteiger partial charge is 0.385 e. The highest BCUT2D eigenvalue weighted by atomic mass is 16.5. The van der Waals surface area contributed by atoms with Crippen molar-refractivity contribution in [3.63, 3.8) is 0 Å². The van der Waals surface area contributed by atoms with Gasteiger partial charge in [-0.3, -0.25) is 0 Å². The van der Waals surface area contributed by atoms with Crippen molar-refractivity contribution >= 4 is 5.69 Å². The lowest BCUT2D eigenvalue weighted by molar-refractivity contribution is 0.191. The molecule has 0 aliphatic carbocycles. The van der Waals surface area contributed by atoms with Gasteiger partial charge in [-0.2, -0.15) is 0 Å². The third kappa shape index (κ3) is 5.19. The summed E-state index contributed by atoms with van der Waals surface area (Å²) >= 11 is 0. The monoisotopic (exact) mass is 266 g/mol. The number of nitrogens with zero attached hydrogens (tertiary/aromatic N) is 1. The molecule has 0 saturated carbocycles. The molecule has 4 heteroatoms. The van der Waals surface area contributed by atoms with Crippen LogP contribution in [0.2, 0.25) is 0 Å². The molecule has 1 aromatic carbocycles. The summed E-state index contributed by atoms with van der Waals surface area (Å²) in [6, 6.07) is 6.41. The second-order valence-electron chi connectivity index (χ2n) is 4.65. The number of rotatable bonds is 9. The van der Waals surface area contributed by atoms with Gasteiger partial charge in [0.25, 0.3) is 0 Å². The average molecular weight is 266 g/mol. The van der Waals surface area contributed by atoms with Crippen LogP contribution < -0.4 is 10.6 Å². The van der Waals surface area contributed by atoms with Gasteiger partial charge in [0.15, 0.2) is 0 Å². The van der Waals surface area contributed by atoms with E-state index in [0.717, 1.165) is 32.7 Å². The summed E-state index contributed by atoms with van der Waals surface area (Å²) in [5.41, 5.74) is 9.36. The first-order chi connectivity index (χ1) is 9.22. The molecule has 0 amide bonds. The molecule has 0 fully saturated rings. The van der Waals surface area contributed by atoms with E-state index in [1.54, 1.807) is 14.2 Å². The Hall–Kier alpha value is -1.10. The molecule has 108 valence electrons. The third-order valence-electron chi connectivity index (χ3n) is 3.18. The van der Waals surface area contributed by atoms with Crippen LogP contribution in [0.5, 0.6) is 0 Å². The van der Waals surface area contributed by atoms with Crippen molar-refractivity contribution in [2.24, 2.45) is 5.73 Å². The van der Waals surface area contributed by atoms with Gasteiger partial charge >= 0.3 is 0 Å². The van der Waals surface area contributed by atoms with Gasteiger partial charge in [0, 0.05) is 46.1 Å². The SMILES string of the molecule is COCCCN(CCOC)c1ccc(CN)cc1C. The lowest BCUT2D eigenvalue weighted by atomic mass is 10.1. The Morgan fingerprint density at radius 3 is 2.42 bits per heavy atom. The molecule has 0 spiro atoms. The van der Waals surface area contributed by atoms with Crippen molar-refractivity contribution in [2.75, 3.05) is 45.4 Å². The molecular weight excluding hydrogens is 240 g/mol. The van der Waals surface area contributed by atoms with Crippen LogP contribution in [0.25, 0.3) is 0 Å². The van der Waals surface area contributed by atoms with Crippen LogP contribution in [0.4, 0.5) is 5.69 Å². The van der Waals surface area contributed by atoms with Crippen LogP contribution >= 0.6 is 0 Å². The highest BCUT2D eigenvalue weighted by Gasteiger charge is 2.09. The van der Waals surface area contributed by atoms with Crippen molar-refractivity contribution < 1.29 is 9.47 Å². The first kappa shape index (κ1) is 16.0. The van der Waals surface area contributed by atoms with E-state index in [2.05, 4.69) is 30.0 Å². The van der Waals surface area contributed by atoms with Gasteiger partial charge in [0.05, 0.1) is 6.61 Å². The van der Waals surface area contributed by atoms with Gasteiger partial charge in [-0.15, -0.1) is 0 Å². The zero-order chi connectivity index (χ0) is 14.1. The maximum atomic E-state index is 5.67. The Labute approximate surface area is 116 Å². The van der Waals surface area contributed by atoms with Crippen molar-refractivity contribution in [3.05, 3.63) is 29.3 Å². The molecule has 0 aliphatic heterocycles. The van der Waals surface area contributed by atoms with Crippen LogP contribution in [0.3, 0.4) is 0 Å². The molecule has 0 aromatic heterocycles. The number of hydrogen-bond donors (Lipinski definition) is 1. The molecule has 0 bridgehead atoms. The Kier molecular flexibility index (Phi) is 7.48. The van der Waals surface area contributed by atoms with E-state index < -0.39 is 0 Å². The van der Waals surface area contributed by atoms with Gasteiger partial charge in [-0.25, -0.2) is 0 Å². The standard InChI is InChI=1S/C15H26N2O2/c1-13-11-14(12-16)5-6-15(13)17(8-10-19-3)7-4-9-18-2/h5-6,11H,4,7-10,12,16H2,1-3H3. The fraction of sp³-hybridized carbons (Fsp3) is 0.600. The van der Waals surface area contributed by atoms with E-state index in [-0.39, 0.29) is 0 Å². The molecule has 1 aromatic rings. The molecule has 0 saturated heterocycles. The number of hydrogen-bond acceptors (Lipinski definition) is 4. The first-order valence-electron chi connectivity index (χ1n) is 6.75. The smallest absolute Gasteiger partial charge is 0.0637 e. The highest BCUT2D eigenvalue weighted by Crippen LogP contribution is 2.21. The molecule has 19 heavy (non-hydrogen) atoms. The zero-order valence-corrected chi connectivity index (χ0v) is 12.3. The average Bonchev–Trinajstić information content (AvgIpc) is 2.43. The Balaban J connectivity index is 2.77. The maximum Gasteiger partial charge on any atom is 0.0637 e. The molecular formula is C15H26N2O2. The molecule has 1 rings (SSSR count). The number of aryl methyl sites for hydroxylation is 1. The minimum absolute atomic E-state index is 0.586. The number of nitrogens with two attached hydrogens (primary N) is 1. The van der Waals surface area contributed by atoms with Crippen LogP contribution in [0, 0.1) is 6.92 Å². The summed E-state index contributed by atoms with van der Waals surface area (Å²) in [5.74, 6) is 0. The topological polar surface area (TPSA) is 47.7 Å². The van der Waals surface area contributed by atoms with E-state index in [4.69, 9.17) is 15.2 Å². The molecule has 0 aliphatic rings. The third-order valence-corrected chi connectivity index (χ3v) is 3.18. The van der Waals surface area contributed by atoms with Crippen LogP contribution in [-0.2, 0) is 16.0 Å². The minimum atomic E-state index is 0.586. The normalized spacial score (nSPS) is 10.7. The van der Waals surface area contributed by atoms with Crippen molar-refractivity contribution in [1.29, 1.82) is 0 Å². The molecule has 0 atom stereocenters. The summed E-state index contributed by atoms with van der Waals surface area (Å²) in [5, 5.41) is 0. The second kappa shape index (κ2) is 8.91. The predicted octanol–water partition coefficient (Wildman–Crippen LogP) is 1.94. The van der Waals surface area contributed by atoms with E-state index in [1.165, 1.54) is 16.8 Å². The molecule has 4 nitrogen and oxygen atoms in total. The van der Waals surface area contributed by atoms with E-state index in [1.807, 2.05) is 0 Å². The molecule has 0 unspecified atom stereocenters. The van der Waals surface area contributed by atoms with Crippen molar-refractivity contribution in [3.8, 4) is 0 Å². The number of anilines is 1. The molecule has 0 heterocycles. The summed E-state index contributed by atoms with van der Waals surface area (Å²) < 4.78 is 10.3. The Bertz CT molecular complexity index is 369. The van der Waals surface area contributed by atoms with Gasteiger partial charge in [-0.1, -0.05) is 12.1 Å². The zero-order valence-electron chi connectivity index (χ0n) is 12.3. The number of ether oxygens (including phenoxy) is 2. The van der Waals surface area contributed by atoms with Gasteiger partial charge in [0.1, 0.15) is 0 Å². The minimum Gasteiger partial charge on any atom is -0.385 e. The van der Waals surface area contributed by atoms with E-state index in [0.29, 0.717) is 6.54 Å². The summed E-state index contributed by atoms with van der Waals surface area (Å²) in [4.78, 5) is 2.35. The molecule has 0 radical (unpaired) electrons. The number of benzene rings is 1. The Morgan fingerprint density at radius 1 is 1.11 bits per heavy atom. The predicted molar refractivity (Wildman–Crippen MR) is 79.7 cm³/mol. The first-order valence-corrected chi connectivity index (χ1v) is 6.75. The van der Waals surface area contributed by atoms with Crippen LogP contribution in [0.1, 0.15) is 17.5 Å². The van der Waals surface area contributed by atoms with Crippen molar-refractivity contribution in [1.82, 2.24) is 0 Å². The fourth-order valence-corrected chi connectivity index (χ4v) is 2.15. The number of methoxy groups -OCH3 is 2. The highest BCUT2D eigenvalue weighted by molar-refractivity contribution is 5.54. The Morgan fingerprint density at radius 2 is 1.84 bits per heavy atom. The fourth-order valence-electron chi connectivity index (χ4n) is 2.15. The lowest BCUT2D eigenvalue weighted by Gasteiger charge is -2.26. The van der Waals surface area contributed by atoms with E-state index in [9.17, 15) is 0 Å². The second-order valence-corrected chi connectivity index (χ2v) is 4.65. The lowest BCUT2D eigenvalue weighted by Crippen LogP contribution is -2.29. The maximum absolute atomic E-state index is 5.67. The van der Waals surface area contributed by atoms with Gasteiger partial charge in [-0.05, 0) is 30.5 Å². The van der Waals surface area contributed by atoms with Crippen molar-refractivity contribution in [2.45, 2.75) is 19.9 Å².